The highest BCUT2D eigenvalue weighted by molar-refractivity contribution is 5.93. The molecule has 0 unspecified atom stereocenters. The molecule has 0 spiro atoms. The van der Waals surface area contributed by atoms with Crippen molar-refractivity contribution in [1.29, 1.82) is 0 Å². The van der Waals surface area contributed by atoms with Crippen LogP contribution in [-0.2, 0) is 17.8 Å². The highest BCUT2D eigenvalue weighted by Gasteiger charge is 2.33. The molecule has 0 atom stereocenters. The van der Waals surface area contributed by atoms with Gasteiger partial charge in [0.15, 0.2) is 11.5 Å². The summed E-state index contributed by atoms with van der Waals surface area (Å²) in [6.45, 7) is 0.694. The number of hydrogen-bond donors (Lipinski definition) is 0. The number of methoxy groups -OCH3 is 2. The Kier molecular flexibility index (Phi) is 3.96. The van der Waals surface area contributed by atoms with Gasteiger partial charge >= 0.3 is 0 Å². The number of hydrogen-bond acceptors (Lipinski definition) is 3. The summed E-state index contributed by atoms with van der Waals surface area (Å²) >= 11 is 0. The molecule has 0 fully saturated rings. The first-order chi connectivity index (χ1) is 12.2. The fourth-order valence-corrected chi connectivity index (χ4v) is 3.80. The second-order valence-electron chi connectivity index (χ2n) is 6.46. The second-order valence-corrected chi connectivity index (χ2v) is 6.46. The van der Waals surface area contributed by atoms with Crippen LogP contribution in [0, 0.1) is 0 Å². The van der Waals surface area contributed by atoms with Crippen molar-refractivity contribution in [3.05, 3.63) is 64.7 Å². The van der Waals surface area contributed by atoms with Crippen molar-refractivity contribution >= 4 is 11.6 Å². The van der Waals surface area contributed by atoms with E-state index in [0.29, 0.717) is 13.0 Å². The Bertz CT molecular complexity index is 869. The van der Waals surface area contributed by atoms with E-state index in [0.717, 1.165) is 30.0 Å². The molecule has 1 amide bonds. The molecule has 0 N–H and O–H groups in total. The Balaban J connectivity index is 1.74. The van der Waals surface area contributed by atoms with Crippen LogP contribution in [0.25, 0.3) is 5.70 Å². The Morgan fingerprint density at radius 1 is 1.00 bits per heavy atom. The van der Waals surface area contributed by atoms with Crippen LogP contribution in [0.5, 0.6) is 11.5 Å². The van der Waals surface area contributed by atoms with E-state index in [4.69, 9.17) is 9.47 Å². The van der Waals surface area contributed by atoms with Crippen LogP contribution in [0.1, 0.15) is 29.5 Å². The molecule has 0 radical (unpaired) electrons. The maximum Gasteiger partial charge on any atom is 0.227 e. The fourth-order valence-electron chi connectivity index (χ4n) is 3.80. The quantitative estimate of drug-likeness (QED) is 0.853. The summed E-state index contributed by atoms with van der Waals surface area (Å²) in [6.07, 6.45) is 2.21. The molecule has 25 heavy (non-hydrogen) atoms. The molecule has 0 aromatic heterocycles. The minimum absolute atomic E-state index is 0.224. The van der Waals surface area contributed by atoms with Crippen molar-refractivity contribution in [2.75, 3.05) is 14.2 Å². The average molecular weight is 335 g/mol. The summed E-state index contributed by atoms with van der Waals surface area (Å²) < 4.78 is 10.7. The number of allylic oxidation sites excluding steroid dienone is 1. The van der Waals surface area contributed by atoms with Crippen molar-refractivity contribution in [2.45, 2.75) is 25.8 Å². The van der Waals surface area contributed by atoms with Crippen molar-refractivity contribution < 1.29 is 14.3 Å². The van der Waals surface area contributed by atoms with Crippen molar-refractivity contribution in [3.8, 4) is 11.5 Å². The summed E-state index contributed by atoms with van der Waals surface area (Å²) in [7, 11) is 3.29. The van der Waals surface area contributed by atoms with E-state index in [9.17, 15) is 4.79 Å². The Morgan fingerprint density at radius 3 is 2.60 bits per heavy atom. The monoisotopic (exact) mass is 335 g/mol. The third-order valence-electron chi connectivity index (χ3n) is 5.01. The van der Waals surface area contributed by atoms with Crippen LogP contribution < -0.4 is 9.47 Å². The van der Waals surface area contributed by atoms with Crippen LogP contribution in [0.3, 0.4) is 0 Å². The van der Waals surface area contributed by atoms with Crippen LogP contribution >= 0.6 is 0 Å². The zero-order valence-electron chi connectivity index (χ0n) is 14.5. The van der Waals surface area contributed by atoms with E-state index >= 15 is 0 Å². The minimum atomic E-state index is 0.224. The van der Waals surface area contributed by atoms with Gasteiger partial charge in [0.2, 0.25) is 5.91 Å². The van der Waals surface area contributed by atoms with Crippen LogP contribution in [0.4, 0.5) is 0 Å². The summed E-state index contributed by atoms with van der Waals surface area (Å²) in [4.78, 5) is 14.3. The molecule has 4 heteroatoms. The van der Waals surface area contributed by atoms with Gasteiger partial charge in [-0.1, -0.05) is 30.3 Å². The molecule has 2 heterocycles. The third kappa shape index (κ3) is 2.68. The summed E-state index contributed by atoms with van der Waals surface area (Å²) in [6, 6.07) is 14.3. The molecule has 2 aliphatic heterocycles. The predicted octanol–water partition coefficient (Wildman–Crippen LogP) is 3.79. The molecule has 0 bridgehead atoms. The van der Waals surface area contributed by atoms with Gasteiger partial charge < -0.3 is 14.4 Å². The zero-order chi connectivity index (χ0) is 17.4. The molecular weight excluding hydrogens is 314 g/mol. The van der Waals surface area contributed by atoms with E-state index in [1.807, 2.05) is 29.2 Å². The van der Waals surface area contributed by atoms with Crippen LogP contribution in [0.15, 0.2) is 48.0 Å². The number of ether oxygens (including phenoxy) is 2. The average Bonchev–Trinajstić information content (AvgIpc) is 3.04. The van der Waals surface area contributed by atoms with Gasteiger partial charge in [-0.15, -0.1) is 0 Å². The lowest BCUT2D eigenvalue weighted by molar-refractivity contribution is -0.128. The summed E-state index contributed by atoms with van der Waals surface area (Å²) in [5, 5.41) is 0. The van der Waals surface area contributed by atoms with Crippen LogP contribution in [0.2, 0.25) is 0 Å². The normalized spacial score (nSPS) is 15.9. The highest BCUT2D eigenvalue weighted by Crippen LogP contribution is 2.41. The first-order valence-electron chi connectivity index (χ1n) is 8.53. The molecule has 4 rings (SSSR count). The van der Waals surface area contributed by atoms with Gasteiger partial charge in [-0.25, -0.2) is 0 Å². The van der Waals surface area contributed by atoms with E-state index < -0.39 is 0 Å². The maximum absolute atomic E-state index is 12.4. The number of carbonyl (C=O) groups is 1. The first-order valence-corrected chi connectivity index (χ1v) is 8.53. The molecule has 0 saturated carbocycles. The fraction of sp³-hybridized carbons (Fsp3) is 0.286. The first kappa shape index (κ1) is 15.8. The standard InChI is InChI=1S/C21H21NO3/c1-24-18-9-7-14(12-19(18)25-2)11-15-8-10-20(23)22-13-16-5-3-4-6-17(16)21(15)22/h3-7,9,12H,8,10-11,13H2,1-2H3. The predicted molar refractivity (Wildman–Crippen MR) is 96.4 cm³/mol. The Morgan fingerprint density at radius 2 is 1.80 bits per heavy atom. The molecule has 128 valence electrons. The smallest absolute Gasteiger partial charge is 0.227 e. The van der Waals surface area contributed by atoms with Gasteiger partial charge in [-0.2, -0.15) is 0 Å². The van der Waals surface area contributed by atoms with Gasteiger partial charge in [-0.3, -0.25) is 4.79 Å². The van der Waals surface area contributed by atoms with Crippen molar-refractivity contribution in [1.82, 2.24) is 4.90 Å². The molecule has 2 aromatic rings. The third-order valence-corrected chi connectivity index (χ3v) is 5.01. The van der Waals surface area contributed by atoms with E-state index in [1.54, 1.807) is 14.2 Å². The number of carbonyl (C=O) groups excluding carboxylic acids is 1. The van der Waals surface area contributed by atoms with E-state index in [1.165, 1.54) is 22.3 Å². The number of fused-ring (bicyclic) bond motifs is 3. The SMILES string of the molecule is COc1ccc(CC2=C3c4ccccc4CN3C(=O)CC2)cc1OC. The number of amides is 1. The van der Waals surface area contributed by atoms with E-state index in [2.05, 4.69) is 18.2 Å². The molecule has 0 saturated heterocycles. The maximum atomic E-state index is 12.4. The van der Waals surface area contributed by atoms with Gasteiger partial charge in [0.05, 0.1) is 26.5 Å². The second kappa shape index (κ2) is 6.28. The lowest BCUT2D eigenvalue weighted by atomic mass is 9.93. The minimum Gasteiger partial charge on any atom is -0.493 e. The van der Waals surface area contributed by atoms with Gasteiger partial charge in [0.25, 0.3) is 0 Å². The number of rotatable bonds is 4. The molecule has 4 nitrogen and oxygen atoms in total. The van der Waals surface area contributed by atoms with Crippen LogP contribution in [-0.4, -0.2) is 25.0 Å². The molecule has 0 aliphatic carbocycles. The Hall–Kier alpha value is -2.75. The molecule has 2 aromatic carbocycles. The summed E-state index contributed by atoms with van der Waals surface area (Å²) in [5.41, 5.74) is 6.03. The Labute approximate surface area is 147 Å². The van der Waals surface area contributed by atoms with Gasteiger partial charge in [0.1, 0.15) is 0 Å². The van der Waals surface area contributed by atoms with Gasteiger partial charge in [-0.05, 0) is 41.7 Å². The van der Waals surface area contributed by atoms with E-state index in [-0.39, 0.29) is 5.91 Å². The lowest BCUT2D eigenvalue weighted by Crippen LogP contribution is -2.29. The summed E-state index contributed by atoms with van der Waals surface area (Å²) in [5.74, 6) is 1.69. The van der Waals surface area contributed by atoms with Crippen molar-refractivity contribution in [2.24, 2.45) is 0 Å². The topological polar surface area (TPSA) is 38.8 Å². The number of nitrogens with zero attached hydrogens (tertiary/aromatic N) is 1. The van der Waals surface area contributed by atoms with Gasteiger partial charge in [0, 0.05) is 12.0 Å². The molecular formula is C21H21NO3. The highest BCUT2D eigenvalue weighted by atomic mass is 16.5. The molecule has 2 aliphatic rings. The van der Waals surface area contributed by atoms with Crippen molar-refractivity contribution in [3.63, 3.8) is 0 Å². The lowest BCUT2D eigenvalue weighted by Gasteiger charge is -2.27. The number of benzene rings is 2. The largest absolute Gasteiger partial charge is 0.493 e. The zero-order valence-corrected chi connectivity index (χ0v) is 14.5.